The van der Waals surface area contributed by atoms with Crippen molar-refractivity contribution in [1.82, 2.24) is 5.32 Å². The number of benzene rings is 1. The highest BCUT2D eigenvalue weighted by atomic mass is 35.5. The lowest BCUT2D eigenvalue weighted by Crippen LogP contribution is -2.33. The van der Waals surface area contributed by atoms with E-state index >= 15 is 0 Å². The number of rotatable bonds is 3. The van der Waals surface area contributed by atoms with E-state index in [4.69, 9.17) is 23.2 Å². The molecule has 0 bridgehead atoms. The average Bonchev–Trinajstić information content (AvgIpc) is 2.17. The molecular formula is C10H10Cl2F3N. The molecule has 0 saturated carbocycles. The fraction of sp³-hybridized carbons (Fsp3) is 0.400. The van der Waals surface area contributed by atoms with Crippen LogP contribution in [-0.4, -0.2) is 12.7 Å². The first-order chi connectivity index (χ1) is 7.36. The SMILES string of the molecule is CCNC(c1ccc(Cl)c(Cl)c1)C(F)(F)F. The Morgan fingerprint density at radius 2 is 1.88 bits per heavy atom. The molecule has 6 heteroatoms. The highest BCUT2D eigenvalue weighted by Gasteiger charge is 2.40. The van der Waals surface area contributed by atoms with Gasteiger partial charge >= 0.3 is 6.18 Å². The Hall–Kier alpha value is -0.450. The highest BCUT2D eigenvalue weighted by Crippen LogP contribution is 2.35. The second-order valence-corrected chi connectivity index (χ2v) is 4.02. The van der Waals surface area contributed by atoms with Gasteiger partial charge in [0.25, 0.3) is 0 Å². The number of hydrogen-bond acceptors (Lipinski definition) is 1. The summed E-state index contributed by atoms with van der Waals surface area (Å²) in [6.45, 7) is 1.82. The van der Waals surface area contributed by atoms with E-state index in [1.54, 1.807) is 6.92 Å². The van der Waals surface area contributed by atoms with E-state index in [9.17, 15) is 13.2 Å². The first-order valence-corrected chi connectivity index (χ1v) is 5.37. The molecule has 1 aromatic rings. The van der Waals surface area contributed by atoms with Gasteiger partial charge in [-0.2, -0.15) is 13.2 Å². The lowest BCUT2D eigenvalue weighted by Gasteiger charge is -2.21. The van der Waals surface area contributed by atoms with Crippen molar-refractivity contribution >= 4 is 23.2 Å². The predicted octanol–water partition coefficient (Wildman–Crippen LogP) is 4.21. The van der Waals surface area contributed by atoms with Gasteiger partial charge in [-0.3, -0.25) is 0 Å². The Kier molecular flexibility index (Phi) is 4.47. The van der Waals surface area contributed by atoms with Gasteiger partial charge in [0.05, 0.1) is 10.0 Å². The molecule has 0 amide bonds. The molecule has 0 aliphatic carbocycles. The van der Waals surface area contributed by atoms with Crippen LogP contribution in [-0.2, 0) is 0 Å². The molecule has 0 spiro atoms. The van der Waals surface area contributed by atoms with Crippen molar-refractivity contribution in [2.24, 2.45) is 0 Å². The fourth-order valence-corrected chi connectivity index (χ4v) is 1.63. The lowest BCUT2D eigenvalue weighted by atomic mass is 10.1. The highest BCUT2D eigenvalue weighted by molar-refractivity contribution is 6.42. The minimum Gasteiger partial charge on any atom is -0.303 e. The molecule has 0 aliphatic heterocycles. The smallest absolute Gasteiger partial charge is 0.303 e. The molecule has 16 heavy (non-hydrogen) atoms. The third-order valence-corrected chi connectivity index (χ3v) is 2.75. The maximum Gasteiger partial charge on any atom is 0.407 e. The largest absolute Gasteiger partial charge is 0.407 e. The summed E-state index contributed by atoms with van der Waals surface area (Å²) in [4.78, 5) is 0. The van der Waals surface area contributed by atoms with Crippen LogP contribution in [0.15, 0.2) is 18.2 Å². The molecule has 0 saturated heterocycles. The van der Waals surface area contributed by atoms with Crippen LogP contribution in [0, 0.1) is 0 Å². The molecule has 1 rings (SSSR count). The molecule has 0 aromatic heterocycles. The average molecular weight is 272 g/mol. The second kappa shape index (κ2) is 5.25. The molecule has 1 nitrogen and oxygen atoms in total. The van der Waals surface area contributed by atoms with Crippen LogP contribution in [0.1, 0.15) is 18.5 Å². The summed E-state index contributed by atoms with van der Waals surface area (Å²) in [5.41, 5.74) is 0.0590. The van der Waals surface area contributed by atoms with Gasteiger partial charge < -0.3 is 5.32 Å². The minimum atomic E-state index is -4.35. The molecule has 90 valence electrons. The van der Waals surface area contributed by atoms with Gasteiger partial charge in [0.1, 0.15) is 6.04 Å². The molecule has 0 aliphatic rings. The summed E-state index contributed by atoms with van der Waals surface area (Å²) in [5.74, 6) is 0. The molecule has 1 N–H and O–H groups in total. The minimum absolute atomic E-state index is 0.0590. The van der Waals surface area contributed by atoms with Crippen molar-refractivity contribution in [1.29, 1.82) is 0 Å². The molecule has 1 atom stereocenters. The zero-order valence-corrected chi connectivity index (χ0v) is 9.92. The van der Waals surface area contributed by atoms with E-state index in [-0.39, 0.29) is 22.2 Å². The predicted molar refractivity (Wildman–Crippen MR) is 58.9 cm³/mol. The molecule has 0 fully saturated rings. The van der Waals surface area contributed by atoms with Crippen LogP contribution in [0.4, 0.5) is 13.2 Å². The lowest BCUT2D eigenvalue weighted by molar-refractivity contribution is -0.157. The normalized spacial score (nSPS) is 13.9. The van der Waals surface area contributed by atoms with E-state index in [1.807, 2.05) is 0 Å². The van der Waals surface area contributed by atoms with Crippen LogP contribution in [0.5, 0.6) is 0 Å². The Labute approximate surface area is 102 Å². The van der Waals surface area contributed by atoms with Gasteiger partial charge in [-0.05, 0) is 24.2 Å². The topological polar surface area (TPSA) is 12.0 Å². The van der Waals surface area contributed by atoms with Crippen LogP contribution in [0.2, 0.25) is 10.0 Å². The van der Waals surface area contributed by atoms with E-state index < -0.39 is 12.2 Å². The summed E-state index contributed by atoms with van der Waals surface area (Å²) < 4.78 is 38.1. The maximum atomic E-state index is 12.7. The number of halogens is 5. The van der Waals surface area contributed by atoms with Crippen molar-refractivity contribution < 1.29 is 13.2 Å². The molecule has 1 unspecified atom stereocenters. The maximum absolute atomic E-state index is 12.7. The molecule has 0 radical (unpaired) electrons. The van der Waals surface area contributed by atoms with Gasteiger partial charge in [-0.15, -0.1) is 0 Å². The number of alkyl halides is 3. The zero-order chi connectivity index (χ0) is 12.3. The van der Waals surface area contributed by atoms with Crippen molar-refractivity contribution in [2.45, 2.75) is 19.1 Å². The van der Waals surface area contributed by atoms with Gasteiger partial charge in [-0.1, -0.05) is 36.2 Å². The Balaban J connectivity index is 3.06. The Bertz CT molecular complexity index is 366. The third-order valence-electron chi connectivity index (χ3n) is 2.01. The standard InChI is InChI=1S/C10H10Cl2F3N/c1-2-16-9(10(13,14)15)6-3-4-7(11)8(12)5-6/h3-5,9,16H,2H2,1H3. The van der Waals surface area contributed by atoms with Gasteiger partial charge in [0.2, 0.25) is 0 Å². The Morgan fingerprint density at radius 1 is 1.25 bits per heavy atom. The van der Waals surface area contributed by atoms with E-state index in [2.05, 4.69) is 5.32 Å². The second-order valence-electron chi connectivity index (χ2n) is 3.21. The van der Waals surface area contributed by atoms with E-state index in [1.165, 1.54) is 18.2 Å². The summed E-state index contributed by atoms with van der Waals surface area (Å²) >= 11 is 11.3. The van der Waals surface area contributed by atoms with E-state index in [0.717, 1.165) is 0 Å². The molecular weight excluding hydrogens is 262 g/mol. The first kappa shape index (κ1) is 13.6. The van der Waals surface area contributed by atoms with Crippen LogP contribution < -0.4 is 5.32 Å². The quantitative estimate of drug-likeness (QED) is 0.869. The summed E-state index contributed by atoms with van der Waals surface area (Å²) in [5, 5.41) is 2.71. The summed E-state index contributed by atoms with van der Waals surface area (Å²) in [6, 6.07) is 2.18. The van der Waals surface area contributed by atoms with Crippen molar-refractivity contribution in [2.75, 3.05) is 6.54 Å². The van der Waals surface area contributed by atoms with Crippen molar-refractivity contribution in [3.05, 3.63) is 33.8 Å². The van der Waals surface area contributed by atoms with Crippen LogP contribution >= 0.6 is 23.2 Å². The van der Waals surface area contributed by atoms with E-state index in [0.29, 0.717) is 0 Å². The fourth-order valence-electron chi connectivity index (χ4n) is 1.32. The number of hydrogen-bond donors (Lipinski definition) is 1. The molecule has 0 heterocycles. The molecule has 1 aromatic carbocycles. The third kappa shape index (κ3) is 3.27. The van der Waals surface area contributed by atoms with Gasteiger partial charge in [0, 0.05) is 0 Å². The van der Waals surface area contributed by atoms with Crippen molar-refractivity contribution in [3.8, 4) is 0 Å². The monoisotopic (exact) mass is 271 g/mol. The van der Waals surface area contributed by atoms with Crippen LogP contribution in [0.25, 0.3) is 0 Å². The van der Waals surface area contributed by atoms with Crippen LogP contribution in [0.3, 0.4) is 0 Å². The summed E-state index contributed by atoms with van der Waals surface area (Å²) in [7, 11) is 0. The van der Waals surface area contributed by atoms with Gasteiger partial charge in [0.15, 0.2) is 0 Å². The van der Waals surface area contributed by atoms with Crippen molar-refractivity contribution in [3.63, 3.8) is 0 Å². The Morgan fingerprint density at radius 3 is 2.31 bits per heavy atom. The zero-order valence-electron chi connectivity index (χ0n) is 8.41. The summed E-state index contributed by atoms with van der Waals surface area (Å²) in [6.07, 6.45) is -4.35. The first-order valence-electron chi connectivity index (χ1n) is 4.61. The number of nitrogens with one attached hydrogen (secondary N) is 1. The van der Waals surface area contributed by atoms with Gasteiger partial charge in [-0.25, -0.2) is 0 Å².